The van der Waals surface area contributed by atoms with Crippen LogP contribution in [0.5, 0.6) is 0 Å². The number of carbonyl (C=O) groups is 1. The van der Waals surface area contributed by atoms with Crippen LogP contribution in [0.25, 0.3) is 0 Å². The third kappa shape index (κ3) is 5.09. The Hall–Kier alpha value is -1.14. The van der Waals surface area contributed by atoms with Crippen molar-refractivity contribution in [1.29, 1.82) is 0 Å². The first-order chi connectivity index (χ1) is 9.75. The highest BCUT2D eigenvalue weighted by Crippen LogP contribution is 2.31. The van der Waals surface area contributed by atoms with Gasteiger partial charge in [-0.1, -0.05) is 23.8 Å². The minimum Gasteiger partial charge on any atom is -0.351 e. The summed E-state index contributed by atoms with van der Waals surface area (Å²) in [4.78, 5) is 12.9. The van der Waals surface area contributed by atoms with E-state index < -0.39 is 0 Å². The van der Waals surface area contributed by atoms with Crippen molar-refractivity contribution < 1.29 is 14.3 Å². The predicted octanol–water partition coefficient (Wildman–Crippen LogP) is 3.07. The fourth-order valence-corrected chi connectivity index (χ4v) is 2.90. The van der Waals surface area contributed by atoms with Crippen LogP contribution >= 0.6 is 22.9 Å². The van der Waals surface area contributed by atoms with Crippen LogP contribution < -0.4 is 5.32 Å². The van der Waals surface area contributed by atoms with Crippen LogP contribution in [0.3, 0.4) is 0 Å². The van der Waals surface area contributed by atoms with E-state index in [4.69, 9.17) is 21.1 Å². The number of hydrogen-bond donors (Lipinski definition) is 1. The van der Waals surface area contributed by atoms with Gasteiger partial charge < -0.3 is 14.8 Å². The smallest absolute Gasteiger partial charge is 0.224 e. The molecule has 1 aliphatic heterocycles. The summed E-state index contributed by atoms with van der Waals surface area (Å²) < 4.78 is 11.2. The first-order valence-corrected chi connectivity index (χ1v) is 7.47. The molecule has 0 radical (unpaired) electrons. The molecule has 1 unspecified atom stereocenters. The standard InChI is InChI=1S/C14H16ClNO3S/c15-13-5-4-12(20-13)11-3-1-7-18-10-19-8-2-6-16-14(17)9-11/h1-6,11H,7-10H2,(H,16,17)/b3-1+,6-2+. The Morgan fingerprint density at radius 2 is 2.05 bits per heavy atom. The second kappa shape index (κ2) is 8.21. The summed E-state index contributed by atoms with van der Waals surface area (Å²) in [6.07, 6.45) is 7.59. The zero-order valence-corrected chi connectivity index (χ0v) is 12.5. The SMILES string of the molecule is O=C1CC(c2ccc(Cl)s2)/C=C/COCOC/C=C/N1. The van der Waals surface area contributed by atoms with Crippen LogP contribution in [-0.4, -0.2) is 25.9 Å². The average Bonchev–Trinajstić information content (AvgIpc) is 2.86. The second-order valence-corrected chi connectivity index (χ2v) is 5.96. The maximum atomic E-state index is 11.9. The number of hydrogen-bond acceptors (Lipinski definition) is 4. The van der Waals surface area contributed by atoms with Gasteiger partial charge in [0.05, 0.1) is 17.6 Å². The largest absolute Gasteiger partial charge is 0.351 e. The van der Waals surface area contributed by atoms with Crippen LogP contribution in [0.1, 0.15) is 17.2 Å². The summed E-state index contributed by atoms with van der Waals surface area (Å²) >= 11 is 7.45. The Labute approximate surface area is 127 Å². The Balaban J connectivity index is 2.09. The van der Waals surface area contributed by atoms with Gasteiger partial charge >= 0.3 is 0 Å². The quantitative estimate of drug-likeness (QED) is 0.811. The van der Waals surface area contributed by atoms with Gasteiger partial charge in [-0.25, -0.2) is 0 Å². The number of ether oxygens (including phenoxy) is 2. The number of rotatable bonds is 1. The topological polar surface area (TPSA) is 47.6 Å². The third-order valence-electron chi connectivity index (χ3n) is 2.69. The molecule has 1 amide bonds. The van der Waals surface area contributed by atoms with Crippen molar-refractivity contribution in [2.75, 3.05) is 20.0 Å². The van der Waals surface area contributed by atoms with E-state index in [2.05, 4.69) is 5.32 Å². The van der Waals surface area contributed by atoms with E-state index in [1.165, 1.54) is 11.3 Å². The third-order valence-corrected chi connectivity index (χ3v) is 4.05. The van der Waals surface area contributed by atoms with E-state index in [0.29, 0.717) is 19.6 Å². The Morgan fingerprint density at radius 1 is 1.25 bits per heavy atom. The molecule has 108 valence electrons. The van der Waals surface area contributed by atoms with Crippen molar-refractivity contribution in [3.05, 3.63) is 45.8 Å². The molecular weight excluding hydrogens is 298 g/mol. The van der Waals surface area contributed by atoms with Crippen molar-refractivity contribution in [1.82, 2.24) is 5.32 Å². The molecule has 1 aromatic heterocycles. The summed E-state index contributed by atoms with van der Waals surface area (Å²) in [6.45, 7) is 1.10. The summed E-state index contributed by atoms with van der Waals surface area (Å²) in [6, 6.07) is 3.80. The maximum Gasteiger partial charge on any atom is 0.224 e. The van der Waals surface area contributed by atoms with Crippen LogP contribution in [0, 0.1) is 0 Å². The number of allylic oxidation sites excluding steroid dienone is 1. The van der Waals surface area contributed by atoms with Gasteiger partial charge in [0.15, 0.2) is 0 Å². The molecule has 0 fully saturated rings. The van der Waals surface area contributed by atoms with E-state index in [0.717, 1.165) is 9.21 Å². The molecule has 0 saturated heterocycles. The Morgan fingerprint density at radius 3 is 2.80 bits per heavy atom. The fraction of sp³-hybridized carbons (Fsp3) is 0.357. The van der Waals surface area contributed by atoms with Crippen molar-refractivity contribution in [3.63, 3.8) is 0 Å². The molecule has 4 nitrogen and oxygen atoms in total. The first-order valence-electron chi connectivity index (χ1n) is 6.27. The summed E-state index contributed by atoms with van der Waals surface area (Å²) in [5, 5.41) is 2.72. The van der Waals surface area contributed by atoms with Crippen molar-refractivity contribution in [2.24, 2.45) is 0 Å². The fourth-order valence-electron chi connectivity index (χ4n) is 1.76. The highest BCUT2D eigenvalue weighted by molar-refractivity contribution is 7.16. The summed E-state index contributed by atoms with van der Waals surface area (Å²) in [7, 11) is 0. The van der Waals surface area contributed by atoms with Crippen molar-refractivity contribution in [3.8, 4) is 0 Å². The molecule has 0 bridgehead atoms. The van der Waals surface area contributed by atoms with E-state index in [-0.39, 0.29) is 18.6 Å². The van der Waals surface area contributed by atoms with E-state index in [9.17, 15) is 4.79 Å². The van der Waals surface area contributed by atoms with Gasteiger partial charge in [0.2, 0.25) is 5.91 Å². The van der Waals surface area contributed by atoms with E-state index in [1.807, 2.05) is 24.3 Å². The van der Waals surface area contributed by atoms with Crippen LogP contribution in [-0.2, 0) is 14.3 Å². The highest BCUT2D eigenvalue weighted by atomic mass is 35.5. The maximum absolute atomic E-state index is 11.9. The average molecular weight is 314 g/mol. The van der Waals surface area contributed by atoms with E-state index >= 15 is 0 Å². The lowest BCUT2D eigenvalue weighted by Crippen LogP contribution is -2.19. The van der Waals surface area contributed by atoms with Gasteiger partial charge in [-0.05, 0) is 18.2 Å². The van der Waals surface area contributed by atoms with Crippen LogP contribution in [0.2, 0.25) is 4.34 Å². The number of carbonyl (C=O) groups excluding carboxylic acids is 1. The molecule has 1 aliphatic rings. The van der Waals surface area contributed by atoms with Crippen molar-refractivity contribution >= 4 is 28.8 Å². The van der Waals surface area contributed by atoms with Gasteiger partial charge in [-0.2, -0.15) is 0 Å². The molecule has 0 saturated carbocycles. The second-order valence-electron chi connectivity index (χ2n) is 4.21. The molecule has 1 atom stereocenters. The minimum absolute atomic E-state index is 0.00571. The molecule has 0 aliphatic carbocycles. The van der Waals surface area contributed by atoms with Gasteiger partial charge in [-0.3, -0.25) is 4.79 Å². The monoisotopic (exact) mass is 313 g/mol. The molecule has 0 aromatic carbocycles. The molecule has 1 N–H and O–H groups in total. The molecule has 0 spiro atoms. The Bertz CT molecular complexity index is 498. The van der Waals surface area contributed by atoms with Crippen LogP contribution in [0.4, 0.5) is 0 Å². The predicted molar refractivity (Wildman–Crippen MR) is 79.9 cm³/mol. The molecule has 2 rings (SSSR count). The van der Waals surface area contributed by atoms with Gasteiger partial charge in [-0.15, -0.1) is 11.3 Å². The van der Waals surface area contributed by atoms with Gasteiger partial charge in [0, 0.05) is 23.4 Å². The van der Waals surface area contributed by atoms with Gasteiger partial charge in [0.1, 0.15) is 6.79 Å². The number of nitrogens with one attached hydrogen (secondary N) is 1. The number of thiophene rings is 1. The number of halogens is 1. The zero-order valence-electron chi connectivity index (χ0n) is 10.9. The molecule has 2 heterocycles. The minimum atomic E-state index is -0.0411. The van der Waals surface area contributed by atoms with Gasteiger partial charge in [0.25, 0.3) is 0 Å². The van der Waals surface area contributed by atoms with Crippen molar-refractivity contribution in [2.45, 2.75) is 12.3 Å². The lowest BCUT2D eigenvalue weighted by Gasteiger charge is -2.09. The normalized spacial score (nSPS) is 24.9. The Kier molecular flexibility index (Phi) is 6.26. The molecule has 1 aromatic rings. The zero-order chi connectivity index (χ0) is 14.2. The van der Waals surface area contributed by atoms with Crippen LogP contribution in [0.15, 0.2) is 36.6 Å². The summed E-state index contributed by atoms with van der Waals surface area (Å²) in [5.74, 6) is -0.0354. The summed E-state index contributed by atoms with van der Waals surface area (Å²) in [5.41, 5.74) is 0. The molecule has 20 heavy (non-hydrogen) atoms. The molecule has 6 heteroatoms. The molecular formula is C14H16ClNO3S. The lowest BCUT2D eigenvalue weighted by molar-refractivity contribution is -0.120. The number of amides is 1. The lowest BCUT2D eigenvalue weighted by atomic mass is 10.0. The highest BCUT2D eigenvalue weighted by Gasteiger charge is 2.15. The first kappa shape index (κ1) is 15.3. The van der Waals surface area contributed by atoms with E-state index in [1.54, 1.807) is 12.3 Å².